The highest BCUT2D eigenvalue weighted by Crippen LogP contribution is 2.24. The van der Waals surface area contributed by atoms with Crippen LogP contribution in [0.25, 0.3) is 0 Å². The van der Waals surface area contributed by atoms with Crippen molar-refractivity contribution in [3.63, 3.8) is 0 Å². The van der Waals surface area contributed by atoms with Gasteiger partial charge in [0.05, 0.1) is 11.6 Å². The molecule has 23 heavy (non-hydrogen) atoms. The minimum atomic E-state index is 0. The predicted octanol–water partition coefficient (Wildman–Crippen LogP) is 3.35. The van der Waals surface area contributed by atoms with Crippen LogP contribution in [0, 0.1) is 0 Å². The van der Waals surface area contributed by atoms with E-state index in [-0.39, 0.29) is 24.0 Å². The first-order chi connectivity index (χ1) is 10.5. The molecule has 0 aliphatic heterocycles. The van der Waals surface area contributed by atoms with E-state index in [2.05, 4.69) is 34.4 Å². The Morgan fingerprint density at radius 2 is 1.96 bits per heavy atom. The zero-order chi connectivity index (χ0) is 16.5. The van der Waals surface area contributed by atoms with Gasteiger partial charge in [-0.15, -0.1) is 24.0 Å². The summed E-state index contributed by atoms with van der Waals surface area (Å²) in [6.45, 7) is 9.08. The van der Waals surface area contributed by atoms with Crippen LogP contribution in [0.15, 0.2) is 11.1 Å². The highest BCUT2D eigenvalue weighted by molar-refractivity contribution is 14.0. The van der Waals surface area contributed by atoms with Gasteiger partial charge in [0.15, 0.2) is 5.96 Å². The van der Waals surface area contributed by atoms with Crippen LogP contribution in [0.3, 0.4) is 0 Å². The molecule has 0 fully saturated rings. The summed E-state index contributed by atoms with van der Waals surface area (Å²) in [7, 11) is 3.66. The molecular weight excluding hydrogens is 448 g/mol. The van der Waals surface area contributed by atoms with Gasteiger partial charge < -0.3 is 20.1 Å². The molecule has 0 unspecified atom stereocenters. The smallest absolute Gasteiger partial charge is 0.191 e. The minimum absolute atomic E-state index is 0. The van der Waals surface area contributed by atoms with Crippen LogP contribution in [0.5, 0.6) is 0 Å². The van der Waals surface area contributed by atoms with E-state index in [0.29, 0.717) is 16.7 Å². The molecule has 0 amide bonds. The molecule has 0 atom stereocenters. The molecule has 0 radical (unpaired) electrons. The molecule has 1 rings (SSSR count). The van der Waals surface area contributed by atoms with Gasteiger partial charge in [0.1, 0.15) is 5.15 Å². The number of aliphatic imine (C=N–C) groups is 1. The van der Waals surface area contributed by atoms with Crippen molar-refractivity contribution in [2.45, 2.75) is 26.8 Å². The van der Waals surface area contributed by atoms with Crippen LogP contribution in [-0.2, 0) is 13.6 Å². The summed E-state index contributed by atoms with van der Waals surface area (Å²) in [5, 5.41) is 7.73. The summed E-state index contributed by atoms with van der Waals surface area (Å²) in [4.78, 5) is 6.65. The van der Waals surface area contributed by atoms with Crippen molar-refractivity contribution in [3.05, 3.63) is 21.9 Å². The van der Waals surface area contributed by atoms with Crippen molar-refractivity contribution in [1.29, 1.82) is 0 Å². The number of nitrogens with zero attached hydrogens (tertiary/aromatic N) is 3. The van der Waals surface area contributed by atoms with E-state index >= 15 is 0 Å². The molecule has 0 spiro atoms. The Bertz CT molecular complexity index is 490. The van der Waals surface area contributed by atoms with Gasteiger partial charge in [-0.3, -0.25) is 4.99 Å². The first kappa shape index (κ1) is 22.8. The summed E-state index contributed by atoms with van der Waals surface area (Å²) in [5.41, 5.74) is 1.01. The SMILES string of the molecule is CCCN(CC)CCNC(=NC)NCc1cc(Cl)c(Cl)n1C.I. The van der Waals surface area contributed by atoms with E-state index in [1.54, 1.807) is 7.05 Å². The van der Waals surface area contributed by atoms with Crippen LogP contribution >= 0.6 is 47.2 Å². The quantitative estimate of drug-likeness (QED) is 0.344. The Kier molecular flexibility index (Phi) is 12.1. The Hall–Kier alpha value is -0.180. The molecule has 2 N–H and O–H groups in total. The van der Waals surface area contributed by atoms with Crippen LogP contribution < -0.4 is 10.6 Å². The highest BCUT2D eigenvalue weighted by Gasteiger charge is 2.09. The second kappa shape index (κ2) is 12.2. The summed E-state index contributed by atoms with van der Waals surface area (Å²) in [5.74, 6) is 0.779. The molecule has 8 heteroatoms. The van der Waals surface area contributed by atoms with E-state index in [1.165, 1.54) is 6.42 Å². The second-order valence-corrected chi connectivity index (χ2v) is 5.89. The maximum absolute atomic E-state index is 6.06. The van der Waals surface area contributed by atoms with E-state index in [4.69, 9.17) is 23.2 Å². The van der Waals surface area contributed by atoms with Gasteiger partial charge in [0.2, 0.25) is 0 Å². The molecule has 0 aliphatic carbocycles. The third-order valence-electron chi connectivity index (χ3n) is 3.58. The fourth-order valence-corrected chi connectivity index (χ4v) is 2.65. The fraction of sp³-hybridized carbons (Fsp3) is 0.667. The van der Waals surface area contributed by atoms with E-state index in [1.807, 2.05) is 17.7 Å². The first-order valence-electron chi connectivity index (χ1n) is 7.69. The maximum Gasteiger partial charge on any atom is 0.191 e. The van der Waals surface area contributed by atoms with E-state index < -0.39 is 0 Å². The zero-order valence-corrected chi connectivity index (χ0v) is 18.2. The molecule has 0 saturated heterocycles. The average Bonchev–Trinajstić information content (AvgIpc) is 2.76. The van der Waals surface area contributed by atoms with Gasteiger partial charge in [-0.1, -0.05) is 37.0 Å². The minimum Gasteiger partial charge on any atom is -0.355 e. The molecule has 0 bridgehead atoms. The largest absolute Gasteiger partial charge is 0.355 e. The normalized spacial score (nSPS) is 11.5. The van der Waals surface area contributed by atoms with Crippen LogP contribution in [0.1, 0.15) is 26.0 Å². The van der Waals surface area contributed by atoms with Crippen molar-refractivity contribution in [2.75, 3.05) is 33.2 Å². The third-order valence-corrected chi connectivity index (χ3v) is 4.43. The molecule has 1 aromatic rings. The van der Waals surface area contributed by atoms with Crippen LogP contribution in [-0.4, -0.2) is 48.7 Å². The molecular formula is C15H28Cl2IN5. The Morgan fingerprint density at radius 3 is 2.43 bits per heavy atom. The van der Waals surface area contributed by atoms with Crippen molar-refractivity contribution in [1.82, 2.24) is 20.1 Å². The molecule has 0 aliphatic rings. The van der Waals surface area contributed by atoms with Gasteiger partial charge in [-0.05, 0) is 25.6 Å². The van der Waals surface area contributed by atoms with Crippen molar-refractivity contribution in [3.8, 4) is 0 Å². The summed E-state index contributed by atoms with van der Waals surface area (Å²) >= 11 is 12.1. The molecule has 0 saturated carbocycles. The standard InChI is InChI=1S/C15H27Cl2N5.HI/c1-5-8-22(6-2)9-7-19-15(18-3)20-11-12-10-13(16)14(17)21(12)4;/h10H,5-9,11H2,1-4H3,(H2,18,19,20);1H. The summed E-state index contributed by atoms with van der Waals surface area (Å²) in [6.07, 6.45) is 1.18. The van der Waals surface area contributed by atoms with Gasteiger partial charge in [-0.25, -0.2) is 0 Å². The number of hydrogen-bond acceptors (Lipinski definition) is 2. The topological polar surface area (TPSA) is 44.6 Å². The maximum atomic E-state index is 6.06. The number of aromatic nitrogens is 1. The summed E-state index contributed by atoms with van der Waals surface area (Å²) < 4.78 is 1.87. The zero-order valence-electron chi connectivity index (χ0n) is 14.3. The Morgan fingerprint density at radius 1 is 1.26 bits per heavy atom. The van der Waals surface area contributed by atoms with Gasteiger partial charge in [0, 0.05) is 32.9 Å². The van der Waals surface area contributed by atoms with Crippen LogP contribution in [0.2, 0.25) is 10.2 Å². The fourth-order valence-electron chi connectivity index (χ4n) is 2.23. The predicted molar refractivity (Wildman–Crippen MR) is 111 cm³/mol. The van der Waals surface area contributed by atoms with Crippen LogP contribution in [0.4, 0.5) is 0 Å². The monoisotopic (exact) mass is 475 g/mol. The van der Waals surface area contributed by atoms with Crippen molar-refractivity contribution in [2.24, 2.45) is 12.0 Å². The number of halogens is 3. The molecule has 1 heterocycles. The van der Waals surface area contributed by atoms with Gasteiger partial charge in [0.25, 0.3) is 0 Å². The number of likely N-dealkylation sites (N-methyl/N-ethyl adjacent to an activating group) is 1. The Balaban J connectivity index is 0.00000484. The number of guanidine groups is 1. The number of nitrogens with one attached hydrogen (secondary N) is 2. The van der Waals surface area contributed by atoms with Crippen molar-refractivity contribution < 1.29 is 0 Å². The van der Waals surface area contributed by atoms with Crippen molar-refractivity contribution >= 4 is 53.1 Å². The second-order valence-electron chi connectivity index (χ2n) is 5.12. The number of rotatable bonds is 8. The number of hydrogen-bond donors (Lipinski definition) is 2. The molecule has 134 valence electrons. The third kappa shape index (κ3) is 7.49. The van der Waals surface area contributed by atoms with E-state index in [9.17, 15) is 0 Å². The van der Waals surface area contributed by atoms with Gasteiger partial charge in [-0.2, -0.15) is 0 Å². The Labute approximate surface area is 166 Å². The lowest BCUT2D eigenvalue weighted by Crippen LogP contribution is -2.41. The lowest BCUT2D eigenvalue weighted by atomic mass is 10.4. The lowest BCUT2D eigenvalue weighted by Gasteiger charge is -2.20. The lowest BCUT2D eigenvalue weighted by molar-refractivity contribution is 0.293. The molecule has 0 aromatic carbocycles. The highest BCUT2D eigenvalue weighted by atomic mass is 127. The molecule has 1 aromatic heterocycles. The van der Waals surface area contributed by atoms with Gasteiger partial charge >= 0.3 is 0 Å². The average molecular weight is 476 g/mol. The van der Waals surface area contributed by atoms with E-state index in [0.717, 1.165) is 37.8 Å². The summed E-state index contributed by atoms with van der Waals surface area (Å²) in [6, 6.07) is 1.87. The molecule has 5 nitrogen and oxygen atoms in total. The first-order valence-corrected chi connectivity index (χ1v) is 8.45.